The van der Waals surface area contributed by atoms with Gasteiger partial charge in [-0.2, -0.15) is 0 Å². The monoisotopic (exact) mass is 716 g/mol. The van der Waals surface area contributed by atoms with E-state index in [0.29, 0.717) is 25.0 Å². The van der Waals surface area contributed by atoms with Crippen molar-refractivity contribution in [3.63, 3.8) is 0 Å². The molecule has 2 atom stereocenters. The molecule has 5 rings (SSSR count). The molecule has 3 aromatic rings. The second kappa shape index (κ2) is 14.3. The summed E-state index contributed by atoms with van der Waals surface area (Å²) in [6.07, 6.45) is 11.9. The fourth-order valence-corrected chi connectivity index (χ4v) is 7.18. The van der Waals surface area contributed by atoms with Crippen molar-refractivity contribution in [3.8, 4) is 11.1 Å². The minimum atomic E-state index is -0.484. The Labute approximate surface area is 281 Å². The first-order valence-corrected chi connectivity index (χ1v) is 17.8. The standard InChI is InChI=1S/C40H46Br2O2/c1-7-26(3)20-21-43-39-19-14-30(10-9-11-38(39)44-25-27(4)8-2)40(35-22-28(5)12-13-29(35)6)36-23-31(41)15-17-33(36)34-18-16-32(42)24-37(34)40/h10,12-19,22-24,26-27H,7-9,11,20-21,25H2,1-6H3/b19-14-,30-10?,39-38-. The lowest BCUT2D eigenvalue weighted by molar-refractivity contribution is 0.127. The average molecular weight is 719 g/mol. The molecule has 2 nitrogen and oxygen atoms in total. The lowest BCUT2D eigenvalue weighted by Gasteiger charge is -2.37. The van der Waals surface area contributed by atoms with Crippen molar-refractivity contribution in [1.82, 2.24) is 0 Å². The Hall–Kier alpha value is -2.56. The maximum Gasteiger partial charge on any atom is 0.156 e. The van der Waals surface area contributed by atoms with Crippen molar-refractivity contribution in [2.75, 3.05) is 13.2 Å². The first-order valence-electron chi connectivity index (χ1n) is 16.2. The largest absolute Gasteiger partial charge is 0.494 e. The minimum Gasteiger partial charge on any atom is -0.494 e. The van der Waals surface area contributed by atoms with Crippen LogP contribution in [0.15, 0.2) is 98.9 Å². The van der Waals surface area contributed by atoms with Crippen molar-refractivity contribution in [1.29, 1.82) is 0 Å². The van der Waals surface area contributed by atoms with E-state index < -0.39 is 5.41 Å². The molecule has 0 heterocycles. The van der Waals surface area contributed by atoms with Crippen LogP contribution in [0, 0.1) is 25.7 Å². The van der Waals surface area contributed by atoms with Gasteiger partial charge >= 0.3 is 0 Å². The van der Waals surface area contributed by atoms with E-state index in [1.54, 1.807) is 0 Å². The van der Waals surface area contributed by atoms with Crippen LogP contribution in [0.2, 0.25) is 0 Å². The third kappa shape index (κ3) is 6.53. The summed E-state index contributed by atoms with van der Waals surface area (Å²) < 4.78 is 15.2. The molecule has 232 valence electrons. The molecule has 0 amide bonds. The van der Waals surface area contributed by atoms with Gasteiger partial charge < -0.3 is 9.47 Å². The Morgan fingerprint density at radius 2 is 1.43 bits per heavy atom. The fraction of sp³-hybridized carbons (Fsp3) is 0.400. The third-order valence-electron chi connectivity index (χ3n) is 9.52. The Morgan fingerprint density at radius 3 is 2.07 bits per heavy atom. The van der Waals surface area contributed by atoms with Gasteiger partial charge in [0.15, 0.2) is 5.76 Å². The summed E-state index contributed by atoms with van der Waals surface area (Å²) in [6, 6.07) is 20.4. The molecule has 2 aliphatic carbocycles. The van der Waals surface area contributed by atoms with Gasteiger partial charge in [-0.3, -0.25) is 0 Å². The van der Waals surface area contributed by atoms with Crippen LogP contribution in [0.5, 0.6) is 0 Å². The number of hydrogen-bond acceptors (Lipinski definition) is 2. The van der Waals surface area contributed by atoms with Crippen LogP contribution < -0.4 is 0 Å². The molecule has 4 heteroatoms. The predicted octanol–water partition coefficient (Wildman–Crippen LogP) is 12.1. The van der Waals surface area contributed by atoms with Gasteiger partial charge in [0.05, 0.1) is 18.6 Å². The minimum absolute atomic E-state index is 0.484. The molecular weight excluding hydrogens is 672 g/mol. The Kier molecular flexibility index (Phi) is 10.6. The molecule has 0 aromatic heterocycles. The van der Waals surface area contributed by atoms with E-state index in [4.69, 9.17) is 9.47 Å². The Balaban J connectivity index is 1.71. The number of ether oxygens (including phenoxy) is 2. The van der Waals surface area contributed by atoms with Gasteiger partial charge in [-0.25, -0.2) is 0 Å². The molecule has 0 fully saturated rings. The lowest BCUT2D eigenvalue weighted by atomic mass is 9.65. The zero-order valence-corrected chi connectivity index (χ0v) is 30.3. The topological polar surface area (TPSA) is 18.5 Å². The van der Waals surface area contributed by atoms with E-state index in [-0.39, 0.29) is 0 Å². The molecular formula is C40H46Br2O2. The van der Waals surface area contributed by atoms with E-state index in [9.17, 15) is 0 Å². The molecule has 2 unspecified atom stereocenters. The summed E-state index contributed by atoms with van der Waals surface area (Å²) in [5, 5.41) is 0. The first kappa shape index (κ1) is 32.8. The van der Waals surface area contributed by atoms with E-state index in [1.165, 1.54) is 44.5 Å². The van der Waals surface area contributed by atoms with Gasteiger partial charge in [-0.1, -0.05) is 120 Å². The summed E-state index contributed by atoms with van der Waals surface area (Å²) in [4.78, 5) is 0. The van der Waals surface area contributed by atoms with E-state index in [1.807, 2.05) is 0 Å². The Bertz CT molecular complexity index is 1540. The summed E-state index contributed by atoms with van der Waals surface area (Å²) in [6.45, 7) is 14.9. The number of rotatable bonds is 11. The number of halogens is 2. The SMILES string of the molecule is CCC(C)CCOC1=C(\OCC(C)CC)CCC=C(C2(c3cc(C)ccc3C)c3cc(Br)ccc3-c3ccc(Br)cc32)/C=C\1. The molecule has 3 aromatic carbocycles. The van der Waals surface area contributed by atoms with E-state index in [2.05, 4.69) is 146 Å². The molecule has 44 heavy (non-hydrogen) atoms. The van der Waals surface area contributed by atoms with Gasteiger partial charge in [0.25, 0.3) is 0 Å². The molecule has 0 saturated heterocycles. The van der Waals surface area contributed by atoms with E-state index in [0.717, 1.165) is 52.6 Å². The third-order valence-corrected chi connectivity index (χ3v) is 10.5. The number of fused-ring (bicyclic) bond motifs is 3. The van der Waals surface area contributed by atoms with Gasteiger partial charge in [0, 0.05) is 15.4 Å². The van der Waals surface area contributed by atoms with Crippen LogP contribution in [-0.4, -0.2) is 13.2 Å². The van der Waals surface area contributed by atoms with Crippen LogP contribution in [0.25, 0.3) is 11.1 Å². The van der Waals surface area contributed by atoms with Crippen molar-refractivity contribution < 1.29 is 9.47 Å². The van der Waals surface area contributed by atoms with Crippen molar-refractivity contribution in [2.45, 2.75) is 79.1 Å². The van der Waals surface area contributed by atoms with E-state index >= 15 is 0 Å². The second-order valence-electron chi connectivity index (χ2n) is 12.7. The zero-order valence-electron chi connectivity index (χ0n) is 27.1. The van der Waals surface area contributed by atoms with Gasteiger partial charge in [0.1, 0.15) is 5.76 Å². The second-order valence-corrected chi connectivity index (χ2v) is 14.6. The quantitative estimate of drug-likeness (QED) is 0.197. The number of benzene rings is 3. The molecule has 0 bridgehead atoms. The van der Waals surface area contributed by atoms with Gasteiger partial charge in [-0.15, -0.1) is 0 Å². The highest BCUT2D eigenvalue weighted by atomic mass is 79.9. The summed E-state index contributed by atoms with van der Waals surface area (Å²) in [5.41, 5.74) is 9.83. The summed E-state index contributed by atoms with van der Waals surface area (Å²) >= 11 is 7.68. The number of aryl methyl sites for hydroxylation is 2. The lowest BCUT2D eigenvalue weighted by Crippen LogP contribution is -2.30. The predicted molar refractivity (Wildman–Crippen MR) is 192 cm³/mol. The molecule has 2 aliphatic rings. The highest BCUT2D eigenvalue weighted by molar-refractivity contribution is 9.10. The van der Waals surface area contributed by atoms with Gasteiger partial charge in [-0.05, 0) is 108 Å². The van der Waals surface area contributed by atoms with Crippen LogP contribution in [0.1, 0.15) is 87.6 Å². The van der Waals surface area contributed by atoms with Crippen molar-refractivity contribution in [3.05, 3.63) is 127 Å². The van der Waals surface area contributed by atoms with Crippen LogP contribution >= 0.6 is 31.9 Å². The fourth-order valence-electron chi connectivity index (χ4n) is 6.46. The molecule has 0 radical (unpaired) electrons. The van der Waals surface area contributed by atoms with Crippen LogP contribution in [-0.2, 0) is 14.9 Å². The highest BCUT2D eigenvalue weighted by Gasteiger charge is 2.48. The number of allylic oxidation sites excluding steroid dienone is 5. The normalized spacial score (nSPS) is 19.2. The number of hydrogen-bond donors (Lipinski definition) is 0. The zero-order chi connectivity index (χ0) is 31.4. The molecule has 0 N–H and O–H groups in total. The molecule has 0 saturated carbocycles. The molecule has 0 aliphatic heterocycles. The highest BCUT2D eigenvalue weighted by Crippen LogP contribution is 2.58. The summed E-state index contributed by atoms with van der Waals surface area (Å²) in [5.74, 6) is 2.98. The smallest absolute Gasteiger partial charge is 0.156 e. The maximum absolute atomic E-state index is 6.56. The first-order chi connectivity index (χ1) is 21.2. The van der Waals surface area contributed by atoms with Gasteiger partial charge in [0.2, 0.25) is 0 Å². The Morgan fingerprint density at radius 1 is 0.773 bits per heavy atom. The maximum atomic E-state index is 6.56. The van der Waals surface area contributed by atoms with Crippen molar-refractivity contribution in [2.24, 2.45) is 11.8 Å². The molecule has 0 spiro atoms. The van der Waals surface area contributed by atoms with Crippen LogP contribution in [0.4, 0.5) is 0 Å². The van der Waals surface area contributed by atoms with Crippen LogP contribution in [0.3, 0.4) is 0 Å². The average Bonchev–Trinajstić information content (AvgIpc) is 3.27. The van der Waals surface area contributed by atoms with Crippen molar-refractivity contribution >= 4 is 31.9 Å². The summed E-state index contributed by atoms with van der Waals surface area (Å²) in [7, 11) is 0.